The van der Waals surface area contributed by atoms with Crippen LogP contribution in [0.5, 0.6) is 5.75 Å². The van der Waals surface area contributed by atoms with Crippen LogP contribution >= 0.6 is 15.9 Å². The van der Waals surface area contributed by atoms with Crippen LogP contribution in [0.3, 0.4) is 0 Å². The SMILES string of the molecule is Cc1cc(Br)c(O)c(C(=O)N2CCCN(Cc3ccccc3F)CC2)c1. The number of halogens is 2. The number of aromatic hydroxyl groups is 1. The molecule has 0 aromatic heterocycles. The molecule has 0 atom stereocenters. The summed E-state index contributed by atoms with van der Waals surface area (Å²) >= 11 is 3.29. The number of carbonyl (C=O) groups excluding carboxylic acids is 1. The summed E-state index contributed by atoms with van der Waals surface area (Å²) in [6.07, 6.45) is 0.813. The molecule has 6 heteroatoms. The first-order valence-electron chi connectivity index (χ1n) is 8.70. The Morgan fingerprint density at radius 2 is 1.96 bits per heavy atom. The summed E-state index contributed by atoms with van der Waals surface area (Å²) in [5.41, 5.74) is 1.90. The lowest BCUT2D eigenvalue weighted by atomic mass is 10.1. The second-order valence-electron chi connectivity index (χ2n) is 6.66. The fourth-order valence-corrected chi connectivity index (χ4v) is 3.84. The Morgan fingerprint density at radius 1 is 1.19 bits per heavy atom. The van der Waals surface area contributed by atoms with Crippen molar-refractivity contribution in [2.45, 2.75) is 19.9 Å². The smallest absolute Gasteiger partial charge is 0.257 e. The van der Waals surface area contributed by atoms with Crippen LogP contribution in [0.4, 0.5) is 4.39 Å². The number of amides is 1. The molecule has 0 spiro atoms. The van der Waals surface area contributed by atoms with Gasteiger partial charge in [-0.05, 0) is 53.0 Å². The molecule has 1 amide bonds. The van der Waals surface area contributed by atoms with Crippen molar-refractivity contribution >= 4 is 21.8 Å². The number of aryl methyl sites for hydroxylation is 1. The van der Waals surface area contributed by atoms with Gasteiger partial charge in [-0.25, -0.2) is 4.39 Å². The zero-order chi connectivity index (χ0) is 18.7. The Labute approximate surface area is 161 Å². The molecule has 2 aromatic rings. The van der Waals surface area contributed by atoms with E-state index in [1.165, 1.54) is 6.07 Å². The molecular weight excluding hydrogens is 399 g/mol. The number of hydrogen-bond acceptors (Lipinski definition) is 3. The van der Waals surface area contributed by atoms with Crippen molar-refractivity contribution < 1.29 is 14.3 Å². The van der Waals surface area contributed by atoms with Crippen LogP contribution in [0.25, 0.3) is 0 Å². The van der Waals surface area contributed by atoms with E-state index >= 15 is 0 Å². The first-order chi connectivity index (χ1) is 12.5. The highest BCUT2D eigenvalue weighted by atomic mass is 79.9. The number of carbonyl (C=O) groups is 1. The molecule has 2 aromatic carbocycles. The number of phenols is 1. The predicted molar refractivity (Wildman–Crippen MR) is 103 cm³/mol. The standard InChI is InChI=1S/C20H22BrFN2O2/c1-14-11-16(19(25)17(21)12-14)20(26)24-8-4-7-23(9-10-24)13-15-5-2-3-6-18(15)22/h2-3,5-6,11-12,25H,4,7-10,13H2,1H3. The first-order valence-corrected chi connectivity index (χ1v) is 9.49. The molecule has 0 bridgehead atoms. The van der Waals surface area contributed by atoms with Gasteiger partial charge in [-0.15, -0.1) is 0 Å². The number of benzene rings is 2. The van der Waals surface area contributed by atoms with Crippen LogP contribution < -0.4 is 0 Å². The second-order valence-corrected chi connectivity index (χ2v) is 7.51. The lowest BCUT2D eigenvalue weighted by Gasteiger charge is -2.23. The van der Waals surface area contributed by atoms with Gasteiger partial charge in [-0.1, -0.05) is 18.2 Å². The maximum Gasteiger partial charge on any atom is 0.257 e. The highest BCUT2D eigenvalue weighted by molar-refractivity contribution is 9.10. The Balaban J connectivity index is 1.69. The van der Waals surface area contributed by atoms with Crippen LogP contribution in [0.15, 0.2) is 40.9 Å². The summed E-state index contributed by atoms with van der Waals surface area (Å²) < 4.78 is 14.4. The largest absolute Gasteiger partial charge is 0.506 e. The topological polar surface area (TPSA) is 43.8 Å². The normalized spacial score (nSPS) is 15.7. The molecule has 138 valence electrons. The minimum atomic E-state index is -0.195. The Bertz CT molecular complexity index is 812. The van der Waals surface area contributed by atoms with Crippen molar-refractivity contribution in [1.82, 2.24) is 9.80 Å². The van der Waals surface area contributed by atoms with Gasteiger partial charge in [0.05, 0.1) is 10.0 Å². The minimum absolute atomic E-state index is 0.0203. The Hall–Kier alpha value is -1.92. The lowest BCUT2D eigenvalue weighted by molar-refractivity contribution is 0.0757. The van der Waals surface area contributed by atoms with E-state index in [9.17, 15) is 14.3 Å². The molecular formula is C20H22BrFN2O2. The Morgan fingerprint density at radius 3 is 2.73 bits per heavy atom. The predicted octanol–water partition coefficient (Wildman–Crippen LogP) is 3.95. The fourth-order valence-electron chi connectivity index (χ4n) is 3.27. The highest BCUT2D eigenvalue weighted by Crippen LogP contribution is 2.30. The number of nitrogens with zero attached hydrogens (tertiary/aromatic N) is 2. The molecule has 0 saturated carbocycles. The maximum absolute atomic E-state index is 13.9. The van der Waals surface area contributed by atoms with Crippen LogP contribution in [-0.2, 0) is 6.54 Å². The molecule has 1 aliphatic rings. The van der Waals surface area contributed by atoms with E-state index in [2.05, 4.69) is 20.8 Å². The average Bonchev–Trinajstić information content (AvgIpc) is 2.85. The van der Waals surface area contributed by atoms with E-state index in [-0.39, 0.29) is 17.5 Å². The summed E-state index contributed by atoms with van der Waals surface area (Å²) in [4.78, 5) is 16.8. The summed E-state index contributed by atoms with van der Waals surface area (Å²) in [5.74, 6) is -0.382. The van der Waals surface area contributed by atoms with Gasteiger partial charge in [0.15, 0.2) is 0 Å². The molecule has 1 heterocycles. The minimum Gasteiger partial charge on any atom is -0.506 e. The molecule has 0 unspecified atom stereocenters. The quantitative estimate of drug-likeness (QED) is 0.817. The van der Waals surface area contributed by atoms with E-state index in [1.54, 1.807) is 29.2 Å². The van der Waals surface area contributed by atoms with Gasteiger partial charge in [-0.3, -0.25) is 9.69 Å². The van der Waals surface area contributed by atoms with Crippen LogP contribution in [0.1, 0.15) is 27.9 Å². The third-order valence-corrected chi connectivity index (χ3v) is 5.27. The number of phenolic OH excluding ortho intramolecular Hbond substituents is 1. The van der Waals surface area contributed by atoms with Gasteiger partial charge in [0.1, 0.15) is 11.6 Å². The highest BCUT2D eigenvalue weighted by Gasteiger charge is 2.24. The third-order valence-electron chi connectivity index (χ3n) is 4.67. The molecule has 0 aliphatic carbocycles. The van der Waals surface area contributed by atoms with E-state index < -0.39 is 0 Å². The molecule has 1 N–H and O–H groups in total. The van der Waals surface area contributed by atoms with Crippen molar-refractivity contribution in [3.05, 3.63) is 63.4 Å². The summed E-state index contributed by atoms with van der Waals surface area (Å²) in [6.45, 7) is 5.08. The molecule has 3 rings (SSSR count). The maximum atomic E-state index is 13.9. The summed E-state index contributed by atoms with van der Waals surface area (Å²) in [6, 6.07) is 10.3. The Kier molecular flexibility index (Phi) is 5.94. The van der Waals surface area contributed by atoms with E-state index in [4.69, 9.17) is 0 Å². The van der Waals surface area contributed by atoms with E-state index in [0.717, 1.165) is 18.5 Å². The van der Waals surface area contributed by atoms with E-state index in [0.29, 0.717) is 41.8 Å². The van der Waals surface area contributed by atoms with Gasteiger partial charge in [0, 0.05) is 38.3 Å². The second kappa shape index (κ2) is 8.18. The third kappa shape index (κ3) is 4.24. The molecule has 1 saturated heterocycles. The zero-order valence-corrected chi connectivity index (χ0v) is 16.3. The van der Waals surface area contributed by atoms with Crippen molar-refractivity contribution in [1.29, 1.82) is 0 Å². The first kappa shape index (κ1) is 18.9. The van der Waals surface area contributed by atoms with Crippen molar-refractivity contribution in [2.24, 2.45) is 0 Å². The van der Waals surface area contributed by atoms with Crippen molar-refractivity contribution in [3.63, 3.8) is 0 Å². The molecule has 1 fully saturated rings. The summed E-state index contributed by atoms with van der Waals surface area (Å²) in [7, 11) is 0. The van der Waals surface area contributed by atoms with Crippen molar-refractivity contribution in [2.75, 3.05) is 26.2 Å². The fraction of sp³-hybridized carbons (Fsp3) is 0.350. The van der Waals surface area contributed by atoms with Crippen LogP contribution in [0, 0.1) is 12.7 Å². The molecule has 1 aliphatic heterocycles. The number of hydrogen-bond donors (Lipinski definition) is 1. The zero-order valence-electron chi connectivity index (χ0n) is 14.7. The van der Waals surface area contributed by atoms with E-state index in [1.807, 2.05) is 13.0 Å². The van der Waals surface area contributed by atoms with Gasteiger partial charge in [-0.2, -0.15) is 0 Å². The summed E-state index contributed by atoms with van der Waals surface area (Å²) in [5, 5.41) is 10.2. The van der Waals surface area contributed by atoms with Gasteiger partial charge in [0.25, 0.3) is 5.91 Å². The van der Waals surface area contributed by atoms with Gasteiger partial charge < -0.3 is 10.0 Å². The molecule has 0 radical (unpaired) electrons. The molecule has 4 nitrogen and oxygen atoms in total. The number of rotatable bonds is 3. The molecule has 26 heavy (non-hydrogen) atoms. The van der Waals surface area contributed by atoms with Gasteiger partial charge >= 0.3 is 0 Å². The van der Waals surface area contributed by atoms with Crippen LogP contribution in [0.2, 0.25) is 0 Å². The monoisotopic (exact) mass is 420 g/mol. The van der Waals surface area contributed by atoms with Crippen LogP contribution in [-0.4, -0.2) is 47.0 Å². The van der Waals surface area contributed by atoms with Gasteiger partial charge in [0.2, 0.25) is 0 Å². The van der Waals surface area contributed by atoms with Crippen molar-refractivity contribution in [3.8, 4) is 5.75 Å². The average molecular weight is 421 g/mol. The lowest BCUT2D eigenvalue weighted by Crippen LogP contribution is -2.35.